The van der Waals surface area contributed by atoms with Gasteiger partial charge in [-0.3, -0.25) is 0 Å². The van der Waals surface area contributed by atoms with Gasteiger partial charge in [-0.15, -0.1) is 34.0 Å². The first-order valence-electron chi connectivity index (χ1n) is 12.9. The van der Waals surface area contributed by atoms with Gasteiger partial charge in [0.1, 0.15) is 0 Å². The average molecular weight is 535 g/mol. The number of aryl methyl sites for hydroxylation is 1. The Bertz CT molecular complexity index is 2340. The highest BCUT2D eigenvalue weighted by atomic mass is 32.1. The molecule has 3 aromatic heterocycles. The number of rotatable bonds is 1. The van der Waals surface area contributed by atoms with Crippen molar-refractivity contribution in [2.45, 2.75) is 6.92 Å². The van der Waals surface area contributed by atoms with Crippen LogP contribution in [0.1, 0.15) is 4.88 Å². The Morgan fingerprint density at radius 3 is 2.00 bits per heavy atom. The molecule has 10 rings (SSSR count). The van der Waals surface area contributed by atoms with Crippen molar-refractivity contribution in [3.05, 3.63) is 95.9 Å². The molecule has 2 aliphatic rings. The smallest absolute Gasteiger partial charge is 0.0642 e. The van der Waals surface area contributed by atoms with Crippen LogP contribution < -0.4 is 0 Å². The molecule has 0 amide bonds. The minimum Gasteiger partial charge on any atom is -0.137 e. The van der Waals surface area contributed by atoms with Crippen LogP contribution in [-0.4, -0.2) is 0 Å². The SMILES string of the molecule is Cc1sc2c(sc3c4c(sc32)-c2ccc3c5c(ccc-4c25)-c2ccc4ccccc4c2-3)c1-c1ccccc1. The zero-order chi connectivity index (χ0) is 24.7. The summed E-state index contributed by atoms with van der Waals surface area (Å²) in [5.41, 5.74) is 12.6. The van der Waals surface area contributed by atoms with Crippen molar-refractivity contribution in [3.63, 3.8) is 0 Å². The third-order valence-electron chi connectivity index (χ3n) is 8.54. The van der Waals surface area contributed by atoms with Gasteiger partial charge in [0.2, 0.25) is 0 Å². The molecule has 38 heavy (non-hydrogen) atoms. The molecule has 0 nitrogen and oxygen atoms in total. The minimum atomic E-state index is 1.32. The molecule has 176 valence electrons. The molecule has 0 N–H and O–H groups in total. The summed E-state index contributed by atoms with van der Waals surface area (Å²) in [5.74, 6) is 0. The molecule has 0 radical (unpaired) electrons. The highest BCUT2D eigenvalue weighted by molar-refractivity contribution is 7.40. The first-order valence-corrected chi connectivity index (χ1v) is 15.4. The van der Waals surface area contributed by atoms with Gasteiger partial charge in [0.25, 0.3) is 0 Å². The maximum Gasteiger partial charge on any atom is 0.0642 e. The lowest BCUT2D eigenvalue weighted by atomic mass is 9.96. The predicted octanol–water partition coefficient (Wildman–Crippen LogP) is 11.8. The van der Waals surface area contributed by atoms with Crippen molar-refractivity contribution in [1.82, 2.24) is 0 Å². The van der Waals surface area contributed by atoms with E-state index in [0.717, 1.165) is 0 Å². The second kappa shape index (κ2) is 6.81. The topological polar surface area (TPSA) is 0 Å². The number of hydrogen-bond donors (Lipinski definition) is 0. The predicted molar refractivity (Wildman–Crippen MR) is 169 cm³/mol. The molecule has 0 spiro atoms. The molecule has 0 unspecified atom stereocenters. The molecular weight excluding hydrogens is 517 g/mol. The van der Waals surface area contributed by atoms with Crippen LogP contribution in [0.15, 0.2) is 91.0 Å². The van der Waals surface area contributed by atoms with Crippen molar-refractivity contribution in [1.29, 1.82) is 0 Å². The standard InChI is InChI=1S/C35H18S3/c1-17-26(19-8-3-2-4-9-19)32-34(36-17)35-33(38-32)30-24-14-13-22-21-12-11-18-7-5-6-10-20(18)27(21)23-15-16-25(31(30)37-35)29(24)28(22)23/h2-16H,1H3. The van der Waals surface area contributed by atoms with Crippen LogP contribution in [0.2, 0.25) is 0 Å². The van der Waals surface area contributed by atoms with E-state index in [2.05, 4.69) is 97.9 Å². The molecule has 5 aromatic carbocycles. The monoisotopic (exact) mass is 534 g/mol. The van der Waals surface area contributed by atoms with Gasteiger partial charge in [-0.25, -0.2) is 0 Å². The lowest BCUT2D eigenvalue weighted by Gasteiger charge is -2.07. The van der Waals surface area contributed by atoms with Crippen LogP contribution in [0.5, 0.6) is 0 Å². The van der Waals surface area contributed by atoms with E-state index in [9.17, 15) is 0 Å². The van der Waals surface area contributed by atoms with Crippen LogP contribution in [0.3, 0.4) is 0 Å². The second-order valence-corrected chi connectivity index (χ2v) is 13.7. The minimum absolute atomic E-state index is 1.32. The first kappa shape index (κ1) is 20.2. The molecule has 0 fully saturated rings. The van der Waals surface area contributed by atoms with E-state index in [-0.39, 0.29) is 0 Å². The van der Waals surface area contributed by atoms with E-state index in [0.29, 0.717) is 0 Å². The third kappa shape index (κ3) is 2.25. The van der Waals surface area contributed by atoms with Gasteiger partial charge >= 0.3 is 0 Å². The number of hydrogen-bond acceptors (Lipinski definition) is 3. The highest BCUT2D eigenvalue weighted by Crippen LogP contribution is 2.63. The highest BCUT2D eigenvalue weighted by Gasteiger charge is 2.33. The molecule has 2 aliphatic carbocycles. The van der Waals surface area contributed by atoms with Crippen molar-refractivity contribution < 1.29 is 0 Å². The Hall–Kier alpha value is -3.76. The number of benzene rings is 5. The van der Waals surface area contributed by atoms with Gasteiger partial charge in [0.15, 0.2) is 0 Å². The molecule has 0 aliphatic heterocycles. The van der Waals surface area contributed by atoms with Crippen LogP contribution in [0.4, 0.5) is 0 Å². The molecular formula is C35H18S3. The third-order valence-corrected chi connectivity index (χ3v) is 12.5. The van der Waals surface area contributed by atoms with Crippen molar-refractivity contribution in [3.8, 4) is 54.9 Å². The Morgan fingerprint density at radius 2 is 1.11 bits per heavy atom. The van der Waals surface area contributed by atoms with E-state index in [4.69, 9.17) is 0 Å². The lowest BCUT2D eigenvalue weighted by molar-refractivity contribution is 1.60. The zero-order valence-corrected chi connectivity index (χ0v) is 22.8. The van der Waals surface area contributed by atoms with E-state index < -0.39 is 0 Å². The summed E-state index contributed by atoms with van der Waals surface area (Å²) in [5, 5.41) is 5.58. The van der Waals surface area contributed by atoms with Crippen molar-refractivity contribution in [2.75, 3.05) is 0 Å². The fourth-order valence-corrected chi connectivity index (χ4v) is 11.5. The van der Waals surface area contributed by atoms with E-state index in [1.165, 1.54) is 100 Å². The van der Waals surface area contributed by atoms with Crippen LogP contribution >= 0.6 is 34.0 Å². The average Bonchev–Trinajstić information content (AvgIpc) is 3.72. The Kier molecular flexibility index (Phi) is 3.62. The van der Waals surface area contributed by atoms with E-state index >= 15 is 0 Å². The van der Waals surface area contributed by atoms with Crippen LogP contribution in [-0.2, 0) is 0 Å². The summed E-state index contributed by atoms with van der Waals surface area (Å²) in [4.78, 5) is 2.88. The summed E-state index contributed by atoms with van der Waals surface area (Å²) >= 11 is 5.98. The summed E-state index contributed by atoms with van der Waals surface area (Å²) < 4.78 is 5.87. The van der Waals surface area contributed by atoms with Crippen LogP contribution in [0.25, 0.3) is 95.3 Å². The lowest BCUT2D eigenvalue weighted by Crippen LogP contribution is -1.80. The fourth-order valence-electron chi connectivity index (χ4n) is 7.02. The van der Waals surface area contributed by atoms with E-state index in [1.54, 1.807) is 0 Å². The molecule has 3 heteroatoms. The molecule has 3 heterocycles. The summed E-state index contributed by atoms with van der Waals surface area (Å²) in [6, 6.07) is 34.0. The van der Waals surface area contributed by atoms with Gasteiger partial charge in [-0.2, -0.15) is 0 Å². The molecule has 0 atom stereocenters. The molecule has 0 saturated heterocycles. The summed E-state index contributed by atoms with van der Waals surface area (Å²) in [6.45, 7) is 2.28. The van der Waals surface area contributed by atoms with Crippen molar-refractivity contribution in [2.24, 2.45) is 0 Å². The fraction of sp³-hybridized carbons (Fsp3) is 0.0286. The Morgan fingerprint density at radius 1 is 0.447 bits per heavy atom. The van der Waals surface area contributed by atoms with Crippen LogP contribution in [0, 0.1) is 6.92 Å². The summed E-state index contributed by atoms with van der Waals surface area (Å²) in [7, 11) is 0. The maximum absolute atomic E-state index is 2.41. The largest absolute Gasteiger partial charge is 0.137 e. The number of fused-ring (bicyclic) bond motifs is 12. The molecule has 8 aromatic rings. The van der Waals surface area contributed by atoms with Gasteiger partial charge < -0.3 is 0 Å². The van der Waals surface area contributed by atoms with Gasteiger partial charge in [0.05, 0.1) is 18.8 Å². The quantitative estimate of drug-likeness (QED) is 0.196. The molecule has 0 bridgehead atoms. The normalized spacial score (nSPS) is 12.9. The Labute approximate surface area is 231 Å². The summed E-state index contributed by atoms with van der Waals surface area (Å²) in [6.07, 6.45) is 0. The first-order chi connectivity index (χ1) is 18.8. The van der Waals surface area contributed by atoms with Gasteiger partial charge in [-0.1, -0.05) is 91.0 Å². The maximum atomic E-state index is 2.41. The second-order valence-electron chi connectivity index (χ2n) is 10.4. The van der Waals surface area contributed by atoms with Gasteiger partial charge in [-0.05, 0) is 61.8 Å². The van der Waals surface area contributed by atoms with Gasteiger partial charge in [0, 0.05) is 26.4 Å². The zero-order valence-electron chi connectivity index (χ0n) is 20.4. The number of thiophene rings is 3. The molecule has 0 saturated carbocycles. The van der Waals surface area contributed by atoms with Crippen molar-refractivity contribution >= 4 is 74.4 Å². The Balaban J connectivity index is 1.28. The van der Waals surface area contributed by atoms with E-state index in [1.807, 2.05) is 34.0 Å².